The minimum absolute atomic E-state index is 0.0260. The number of nitrogens with one attached hydrogen (secondary N) is 1. The number of piperidine rings is 1. The quantitative estimate of drug-likeness (QED) is 0.889. The van der Waals surface area contributed by atoms with Gasteiger partial charge in [-0.1, -0.05) is 6.07 Å². The molecule has 1 saturated heterocycles. The van der Waals surface area contributed by atoms with Gasteiger partial charge in [-0.15, -0.1) is 11.3 Å². The predicted molar refractivity (Wildman–Crippen MR) is 95.8 cm³/mol. The number of likely N-dealkylation sites (tertiary alicyclic amines) is 1. The van der Waals surface area contributed by atoms with Crippen molar-refractivity contribution >= 4 is 33.0 Å². The molecular weight excluding hydrogens is 358 g/mol. The SMILES string of the molecule is N#CC1CCN(C(=O)c2ccc(NS(=O)(=O)c3cccs3)cc2)CC1. The van der Waals surface area contributed by atoms with E-state index >= 15 is 0 Å². The van der Waals surface area contributed by atoms with Gasteiger partial charge in [0.2, 0.25) is 0 Å². The standard InChI is InChI=1S/C17H17N3O3S2/c18-12-13-7-9-20(10-8-13)17(21)14-3-5-15(6-4-14)19-25(22,23)16-2-1-11-24-16/h1-6,11,13,19H,7-10H2. The van der Waals surface area contributed by atoms with Crippen LogP contribution in [0.3, 0.4) is 0 Å². The predicted octanol–water partition coefficient (Wildman–Crippen LogP) is 2.92. The highest BCUT2D eigenvalue weighted by Crippen LogP contribution is 2.22. The van der Waals surface area contributed by atoms with E-state index in [1.807, 2.05) is 0 Å². The lowest BCUT2D eigenvalue weighted by Crippen LogP contribution is -2.38. The Morgan fingerprint density at radius 1 is 1.20 bits per heavy atom. The fourth-order valence-electron chi connectivity index (χ4n) is 2.70. The number of anilines is 1. The van der Waals surface area contributed by atoms with Crippen LogP contribution in [0.4, 0.5) is 5.69 Å². The topological polar surface area (TPSA) is 90.3 Å². The highest BCUT2D eigenvalue weighted by molar-refractivity contribution is 7.94. The van der Waals surface area contributed by atoms with E-state index in [0.29, 0.717) is 37.2 Å². The van der Waals surface area contributed by atoms with Crippen LogP contribution in [0.25, 0.3) is 0 Å². The Kier molecular flexibility index (Phi) is 5.06. The Morgan fingerprint density at radius 3 is 2.44 bits per heavy atom. The second-order valence-electron chi connectivity index (χ2n) is 5.81. The number of rotatable bonds is 4. The van der Waals surface area contributed by atoms with E-state index in [1.54, 1.807) is 40.6 Å². The highest BCUT2D eigenvalue weighted by Gasteiger charge is 2.23. The van der Waals surface area contributed by atoms with Crippen molar-refractivity contribution in [1.82, 2.24) is 4.90 Å². The first-order valence-electron chi connectivity index (χ1n) is 7.85. The van der Waals surface area contributed by atoms with Crippen molar-refractivity contribution in [2.24, 2.45) is 5.92 Å². The molecule has 130 valence electrons. The minimum Gasteiger partial charge on any atom is -0.339 e. The number of thiophene rings is 1. The lowest BCUT2D eigenvalue weighted by molar-refractivity contribution is 0.0707. The summed E-state index contributed by atoms with van der Waals surface area (Å²) in [6.07, 6.45) is 1.39. The largest absolute Gasteiger partial charge is 0.339 e. The molecule has 8 heteroatoms. The molecule has 2 aromatic rings. The average molecular weight is 375 g/mol. The number of hydrogen-bond donors (Lipinski definition) is 1. The number of nitrogens with zero attached hydrogens (tertiary/aromatic N) is 2. The smallest absolute Gasteiger partial charge is 0.271 e. The van der Waals surface area contributed by atoms with Crippen molar-refractivity contribution in [2.45, 2.75) is 17.1 Å². The summed E-state index contributed by atoms with van der Waals surface area (Å²) in [5.41, 5.74) is 0.919. The maximum atomic E-state index is 12.5. The molecule has 3 rings (SSSR count). The average Bonchev–Trinajstić information content (AvgIpc) is 3.17. The second-order valence-corrected chi connectivity index (χ2v) is 8.67. The number of benzene rings is 1. The molecule has 1 aliphatic heterocycles. The number of carbonyl (C=O) groups excluding carboxylic acids is 1. The summed E-state index contributed by atoms with van der Waals surface area (Å²) in [7, 11) is -3.59. The van der Waals surface area contributed by atoms with Gasteiger partial charge in [0, 0.05) is 30.3 Å². The third-order valence-electron chi connectivity index (χ3n) is 4.11. The highest BCUT2D eigenvalue weighted by atomic mass is 32.2. The van der Waals surface area contributed by atoms with E-state index in [-0.39, 0.29) is 16.0 Å². The summed E-state index contributed by atoms with van der Waals surface area (Å²) in [4.78, 5) is 14.2. The first-order valence-corrected chi connectivity index (χ1v) is 10.2. The van der Waals surface area contributed by atoms with E-state index in [0.717, 1.165) is 11.3 Å². The fraction of sp³-hybridized carbons (Fsp3) is 0.294. The van der Waals surface area contributed by atoms with E-state index < -0.39 is 10.0 Å². The van der Waals surface area contributed by atoms with Gasteiger partial charge in [-0.3, -0.25) is 9.52 Å². The number of sulfonamides is 1. The van der Waals surface area contributed by atoms with Crippen LogP contribution >= 0.6 is 11.3 Å². The number of amides is 1. The Hall–Kier alpha value is -2.37. The lowest BCUT2D eigenvalue weighted by Gasteiger charge is -2.29. The van der Waals surface area contributed by atoms with Crippen molar-refractivity contribution in [3.8, 4) is 6.07 Å². The molecule has 0 aliphatic carbocycles. The number of nitriles is 1. The third kappa shape index (κ3) is 4.00. The molecule has 0 unspecified atom stereocenters. The molecule has 1 aliphatic rings. The Labute approximate surface area is 150 Å². The van der Waals surface area contributed by atoms with Gasteiger partial charge in [-0.05, 0) is 48.6 Å². The van der Waals surface area contributed by atoms with Crippen molar-refractivity contribution in [3.63, 3.8) is 0 Å². The second kappa shape index (κ2) is 7.25. The number of carbonyl (C=O) groups is 1. The van der Waals surface area contributed by atoms with E-state index in [2.05, 4.69) is 10.8 Å². The summed E-state index contributed by atoms with van der Waals surface area (Å²) in [5, 5.41) is 10.6. The van der Waals surface area contributed by atoms with Crippen LogP contribution in [0.1, 0.15) is 23.2 Å². The van der Waals surface area contributed by atoms with Crippen molar-refractivity contribution in [2.75, 3.05) is 17.8 Å². The van der Waals surface area contributed by atoms with Crippen molar-refractivity contribution in [3.05, 3.63) is 47.3 Å². The fourth-order valence-corrected chi connectivity index (χ4v) is 4.75. The normalized spacial score (nSPS) is 15.6. The summed E-state index contributed by atoms with van der Waals surface area (Å²) in [5.74, 6) is -0.0675. The molecule has 0 radical (unpaired) electrons. The van der Waals surface area contributed by atoms with Gasteiger partial charge in [0.15, 0.2) is 0 Å². The molecule has 0 spiro atoms. The van der Waals surface area contributed by atoms with Crippen LogP contribution in [0, 0.1) is 17.2 Å². The van der Waals surface area contributed by atoms with Crippen LogP contribution < -0.4 is 4.72 Å². The van der Waals surface area contributed by atoms with Crippen molar-refractivity contribution in [1.29, 1.82) is 5.26 Å². The zero-order chi connectivity index (χ0) is 17.9. The number of hydrogen-bond acceptors (Lipinski definition) is 5. The monoisotopic (exact) mass is 375 g/mol. The van der Waals surface area contributed by atoms with Gasteiger partial charge >= 0.3 is 0 Å². The minimum atomic E-state index is -3.59. The molecule has 0 atom stereocenters. The van der Waals surface area contributed by atoms with Gasteiger partial charge in [-0.2, -0.15) is 5.26 Å². The summed E-state index contributed by atoms with van der Waals surface area (Å²) in [6, 6.07) is 11.9. The van der Waals surface area contributed by atoms with Crippen molar-refractivity contribution < 1.29 is 13.2 Å². The zero-order valence-corrected chi connectivity index (χ0v) is 15.0. The summed E-state index contributed by atoms with van der Waals surface area (Å²) in [6.45, 7) is 1.15. The van der Waals surface area contributed by atoms with Crippen LogP contribution in [0.2, 0.25) is 0 Å². The van der Waals surface area contributed by atoms with Crippen LogP contribution in [-0.2, 0) is 10.0 Å². The zero-order valence-electron chi connectivity index (χ0n) is 13.4. The molecule has 2 heterocycles. The first-order chi connectivity index (χ1) is 12.0. The Balaban J connectivity index is 1.66. The van der Waals surface area contributed by atoms with Gasteiger partial charge in [0.05, 0.1) is 6.07 Å². The Morgan fingerprint density at radius 2 is 1.88 bits per heavy atom. The van der Waals surface area contributed by atoms with Gasteiger partial charge < -0.3 is 4.90 Å². The van der Waals surface area contributed by atoms with E-state index in [1.165, 1.54) is 6.07 Å². The molecule has 1 aromatic heterocycles. The maximum absolute atomic E-state index is 12.5. The van der Waals surface area contributed by atoms with Crippen LogP contribution in [-0.4, -0.2) is 32.3 Å². The third-order valence-corrected chi connectivity index (χ3v) is 6.89. The van der Waals surface area contributed by atoms with Gasteiger partial charge in [0.25, 0.3) is 15.9 Å². The van der Waals surface area contributed by atoms with E-state index in [4.69, 9.17) is 5.26 Å². The molecular formula is C17H17N3O3S2. The first kappa shape index (κ1) is 17.5. The molecule has 1 aromatic carbocycles. The maximum Gasteiger partial charge on any atom is 0.271 e. The van der Waals surface area contributed by atoms with Gasteiger partial charge in [0.1, 0.15) is 4.21 Å². The molecule has 0 bridgehead atoms. The molecule has 1 fully saturated rings. The summed E-state index contributed by atoms with van der Waals surface area (Å²) < 4.78 is 27.1. The molecule has 0 saturated carbocycles. The lowest BCUT2D eigenvalue weighted by atomic mass is 9.98. The van der Waals surface area contributed by atoms with Crippen LogP contribution in [0.5, 0.6) is 0 Å². The van der Waals surface area contributed by atoms with Gasteiger partial charge in [-0.25, -0.2) is 8.42 Å². The molecule has 1 N–H and O–H groups in total. The Bertz CT molecular complexity index is 876. The summed E-state index contributed by atoms with van der Waals surface area (Å²) >= 11 is 1.14. The van der Waals surface area contributed by atoms with E-state index in [9.17, 15) is 13.2 Å². The molecule has 6 nitrogen and oxygen atoms in total. The van der Waals surface area contributed by atoms with Crippen LogP contribution in [0.15, 0.2) is 46.0 Å². The molecule has 25 heavy (non-hydrogen) atoms. The molecule has 1 amide bonds.